The Morgan fingerprint density at radius 2 is 2.15 bits per heavy atom. The summed E-state index contributed by atoms with van der Waals surface area (Å²) < 4.78 is 1.56. The van der Waals surface area contributed by atoms with E-state index in [9.17, 15) is 9.90 Å². The van der Waals surface area contributed by atoms with E-state index >= 15 is 0 Å². The first-order valence-electron chi connectivity index (χ1n) is 10.3. The van der Waals surface area contributed by atoms with Gasteiger partial charge in [-0.3, -0.25) is 9.36 Å². The summed E-state index contributed by atoms with van der Waals surface area (Å²) in [6.45, 7) is 1.92. The molecule has 4 N–H and O–H groups in total. The molecule has 0 spiro atoms. The van der Waals surface area contributed by atoms with Crippen LogP contribution < -0.4 is 16.6 Å². The van der Waals surface area contributed by atoms with Crippen LogP contribution in [0.4, 0.5) is 11.6 Å². The zero-order valence-corrected chi connectivity index (χ0v) is 18.6. The average Bonchev–Trinajstić information content (AvgIpc) is 3.45. The van der Waals surface area contributed by atoms with Gasteiger partial charge < -0.3 is 16.2 Å². The Bertz CT molecular complexity index is 1420. The minimum atomic E-state index is -0.356. The fourth-order valence-corrected chi connectivity index (χ4v) is 4.34. The molecule has 0 bridgehead atoms. The maximum atomic E-state index is 13.2. The fourth-order valence-electron chi connectivity index (χ4n) is 3.93. The van der Waals surface area contributed by atoms with Gasteiger partial charge in [0.2, 0.25) is 5.82 Å². The van der Waals surface area contributed by atoms with Crippen molar-refractivity contribution in [3.05, 3.63) is 45.7 Å². The number of aromatic nitrogens is 8. The highest BCUT2D eigenvalue weighted by atomic mass is 35.5. The number of nitrogen functional groups attached to an aromatic ring is 1. The molecule has 3 heterocycles. The zero-order valence-electron chi connectivity index (χ0n) is 17.8. The van der Waals surface area contributed by atoms with Crippen LogP contribution in [0.3, 0.4) is 0 Å². The number of tetrazole rings is 1. The smallest absolute Gasteiger partial charge is 0.262 e. The minimum absolute atomic E-state index is 0.0366. The molecule has 0 aliphatic heterocycles. The van der Waals surface area contributed by atoms with Crippen molar-refractivity contribution in [3.8, 4) is 11.4 Å². The van der Waals surface area contributed by atoms with Gasteiger partial charge >= 0.3 is 0 Å². The van der Waals surface area contributed by atoms with E-state index in [1.54, 1.807) is 17.7 Å². The van der Waals surface area contributed by atoms with Crippen molar-refractivity contribution in [1.29, 1.82) is 0 Å². The van der Waals surface area contributed by atoms with Crippen molar-refractivity contribution < 1.29 is 5.11 Å². The lowest BCUT2D eigenvalue weighted by molar-refractivity contribution is 0.268. The second-order valence-electron chi connectivity index (χ2n) is 8.02. The monoisotopic (exact) mass is 468 g/mol. The van der Waals surface area contributed by atoms with Crippen molar-refractivity contribution in [2.75, 3.05) is 17.7 Å². The largest absolute Gasteiger partial charge is 0.396 e. The number of nitrogens with two attached hydrogens (primary N) is 1. The van der Waals surface area contributed by atoms with E-state index in [2.05, 4.69) is 35.7 Å². The van der Waals surface area contributed by atoms with Crippen molar-refractivity contribution >= 4 is 34.1 Å². The number of hydrogen-bond donors (Lipinski definition) is 3. The molecule has 3 atom stereocenters. The molecule has 33 heavy (non-hydrogen) atoms. The molecule has 1 aliphatic carbocycles. The predicted octanol–water partition coefficient (Wildman–Crippen LogP) is 1.34. The van der Waals surface area contributed by atoms with Crippen LogP contribution in [0.25, 0.3) is 22.3 Å². The molecular weight excluding hydrogens is 448 g/mol. The molecule has 1 fully saturated rings. The maximum Gasteiger partial charge on any atom is 0.262 e. The number of rotatable bonds is 6. The first-order chi connectivity index (χ1) is 15.9. The van der Waals surface area contributed by atoms with Crippen LogP contribution in [0.2, 0.25) is 5.02 Å². The normalized spacial score (nSPS) is 18.4. The molecule has 13 heteroatoms. The third kappa shape index (κ3) is 3.66. The van der Waals surface area contributed by atoms with Crippen LogP contribution >= 0.6 is 11.6 Å². The van der Waals surface area contributed by atoms with E-state index in [-0.39, 0.29) is 41.8 Å². The highest BCUT2D eigenvalue weighted by molar-refractivity contribution is 6.36. The maximum absolute atomic E-state index is 13.2. The molecule has 1 aromatic carbocycles. The van der Waals surface area contributed by atoms with E-state index in [0.29, 0.717) is 32.9 Å². The summed E-state index contributed by atoms with van der Waals surface area (Å²) in [5, 5.41) is 25.3. The van der Waals surface area contributed by atoms with Crippen molar-refractivity contribution in [1.82, 2.24) is 39.7 Å². The molecule has 4 aromatic rings. The molecule has 12 nitrogen and oxygen atoms in total. The second-order valence-corrected chi connectivity index (χ2v) is 8.39. The summed E-state index contributed by atoms with van der Waals surface area (Å²) in [7, 11) is 1.65. The molecule has 3 unspecified atom stereocenters. The van der Waals surface area contributed by atoms with Crippen LogP contribution in [0.5, 0.6) is 0 Å². The minimum Gasteiger partial charge on any atom is -0.396 e. The van der Waals surface area contributed by atoms with Crippen LogP contribution in [-0.2, 0) is 7.05 Å². The fraction of sp³-hybridized carbons (Fsp3) is 0.350. The average molecular weight is 469 g/mol. The zero-order chi connectivity index (χ0) is 23.3. The molecule has 1 saturated carbocycles. The van der Waals surface area contributed by atoms with E-state index < -0.39 is 0 Å². The first kappa shape index (κ1) is 21.2. The summed E-state index contributed by atoms with van der Waals surface area (Å²) >= 11 is 6.73. The number of fused-ring (bicyclic) bond motifs is 1. The molecule has 5 rings (SSSR count). The van der Waals surface area contributed by atoms with Gasteiger partial charge in [-0.05, 0) is 30.2 Å². The summed E-state index contributed by atoms with van der Waals surface area (Å²) in [5.74, 6) is 0.962. The standard InChI is InChI=1S/C20H21ClN10O2/c1-9(26-18-15(17(22)23-7-24-18)19-27-29-30(2)28-19)11-3-4-12-14(16(11)21)20(33)31(8-25-12)13-5-10(13)6-32/h3-4,7-10,13,32H,5-6H2,1-2H3,(H3,22,23,24,26). The third-order valence-electron chi connectivity index (χ3n) is 5.82. The van der Waals surface area contributed by atoms with Gasteiger partial charge in [0.05, 0.1) is 35.3 Å². The number of aliphatic hydroxyl groups is 1. The molecule has 0 amide bonds. The number of anilines is 2. The lowest BCUT2D eigenvalue weighted by Crippen LogP contribution is -2.21. The Morgan fingerprint density at radius 3 is 2.85 bits per heavy atom. The predicted molar refractivity (Wildman–Crippen MR) is 122 cm³/mol. The van der Waals surface area contributed by atoms with Crippen molar-refractivity contribution in [3.63, 3.8) is 0 Å². The summed E-state index contributed by atoms with van der Waals surface area (Å²) in [6.07, 6.45) is 3.60. The molecule has 170 valence electrons. The van der Waals surface area contributed by atoms with E-state index in [4.69, 9.17) is 17.3 Å². The molecule has 0 saturated heterocycles. The molecule has 0 radical (unpaired) electrons. The van der Waals surface area contributed by atoms with Gasteiger partial charge in [-0.25, -0.2) is 15.0 Å². The Hall–Kier alpha value is -3.64. The SMILES string of the molecule is CC(Nc1ncnc(N)c1-c1nnn(C)n1)c1ccc2ncn(C3CC3CO)c(=O)c2c1Cl. The number of aliphatic hydroxyl groups excluding tert-OH is 1. The third-order valence-corrected chi connectivity index (χ3v) is 6.23. The van der Waals surface area contributed by atoms with Gasteiger partial charge in [-0.1, -0.05) is 17.7 Å². The molecule has 1 aliphatic rings. The number of aryl methyl sites for hydroxylation is 1. The van der Waals surface area contributed by atoms with Crippen molar-refractivity contribution in [2.45, 2.75) is 25.4 Å². The Labute approximate surface area is 192 Å². The summed E-state index contributed by atoms with van der Waals surface area (Å²) in [5.41, 5.74) is 7.46. The van der Waals surface area contributed by atoms with E-state index in [1.807, 2.05) is 13.0 Å². The Morgan fingerprint density at radius 1 is 1.33 bits per heavy atom. The molecular formula is C20H21ClN10O2. The highest BCUT2D eigenvalue weighted by Crippen LogP contribution is 2.42. The van der Waals surface area contributed by atoms with Crippen LogP contribution in [0.15, 0.2) is 29.6 Å². The number of nitrogens with zero attached hydrogens (tertiary/aromatic N) is 8. The number of benzene rings is 1. The van der Waals surface area contributed by atoms with E-state index in [1.165, 1.54) is 17.5 Å². The summed E-state index contributed by atoms with van der Waals surface area (Å²) in [4.78, 5) is 27.2. The number of nitrogens with one attached hydrogen (secondary N) is 1. The van der Waals surface area contributed by atoms with Gasteiger partial charge in [0.1, 0.15) is 23.5 Å². The van der Waals surface area contributed by atoms with Gasteiger partial charge in [0.25, 0.3) is 5.56 Å². The van der Waals surface area contributed by atoms with Crippen molar-refractivity contribution in [2.24, 2.45) is 13.0 Å². The Balaban J connectivity index is 1.53. The lowest BCUT2D eigenvalue weighted by Gasteiger charge is -2.19. The highest BCUT2D eigenvalue weighted by Gasteiger charge is 2.39. The first-order valence-corrected chi connectivity index (χ1v) is 10.7. The lowest BCUT2D eigenvalue weighted by atomic mass is 10.1. The van der Waals surface area contributed by atoms with Gasteiger partial charge in [-0.2, -0.15) is 4.80 Å². The second kappa shape index (κ2) is 8.05. The molecule has 3 aromatic heterocycles. The van der Waals surface area contributed by atoms with Gasteiger partial charge in [0.15, 0.2) is 0 Å². The van der Waals surface area contributed by atoms with Crippen LogP contribution in [0.1, 0.15) is 31.0 Å². The van der Waals surface area contributed by atoms with Crippen LogP contribution in [-0.4, -0.2) is 51.4 Å². The topological polar surface area (TPSA) is 163 Å². The number of hydrogen-bond acceptors (Lipinski definition) is 10. The summed E-state index contributed by atoms with van der Waals surface area (Å²) in [6, 6.07) is 3.17. The quantitative estimate of drug-likeness (QED) is 0.376. The van der Waals surface area contributed by atoms with Gasteiger partial charge in [0, 0.05) is 18.6 Å². The van der Waals surface area contributed by atoms with E-state index in [0.717, 1.165) is 6.42 Å². The number of halogens is 1. The Kier molecular flexibility index (Phi) is 5.17. The van der Waals surface area contributed by atoms with Crippen LogP contribution in [0, 0.1) is 5.92 Å². The van der Waals surface area contributed by atoms with Gasteiger partial charge in [-0.15, -0.1) is 10.2 Å².